The number of carbonyl (C=O) groups excluding carboxylic acids is 1. The summed E-state index contributed by atoms with van der Waals surface area (Å²) >= 11 is 0. The van der Waals surface area contributed by atoms with Crippen LogP contribution in [0.25, 0.3) is 10.9 Å². The van der Waals surface area contributed by atoms with Gasteiger partial charge in [0.05, 0.1) is 16.9 Å². The molecule has 0 aliphatic rings. The van der Waals surface area contributed by atoms with E-state index < -0.39 is 0 Å². The maximum atomic E-state index is 12.9. The van der Waals surface area contributed by atoms with Crippen molar-refractivity contribution in [1.29, 1.82) is 0 Å². The molecule has 0 N–H and O–H groups in total. The largest absolute Gasteiger partial charge is 0.324 e. The molecule has 0 aliphatic heterocycles. The van der Waals surface area contributed by atoms with Gasteiger partial charge in [0.25, 0.3) is 0 Å². The zero-order chi connectivity index (χ0) is 16.8. The Balaban J connectivity index is 2.43. The predicted molar refractivity (Wildman–Crippen MR) is 93.7 cm³/mol. The van der Waals surface area contributed by atoms with Gasteiger partial charge in [0, 0.05) is 44.0 Å². The average molecular weight is 313 g/mol. The van der Waals surface area contributed by atoms with Crippen LogP contribution in [0.5, 0.6) is 0 Å². The molecular weight excluding hydrogens is 288 g/mol. The van der Waals surface area contributed by atoms with Crippen LogP contribution in [0, 0.1) is 6.07 Å². The molecule has 0 spiro atoms. The summed E-state index contributed by atoms with van der Waals surface area (Å²) in [7, 11) is 1.80. The molecule has 0 saturated heterocycles. The van der Waals surface area contributed by atoms with E-state index in [0.29, 0.717) is 0 Å². The second-order valence-electron chi connectivity index (χ2n) is 5.61. The molecule has 0 fully saturated rings. The van der Waals surface area contributed by atoms with Gasteiger partial charge in [-0.3, -0.25) is 14.9 Å². The number of carbonyl (C=O) groups is 1. The van der Waals surface area contributed by atoms with Crippen molar-refractivity contribution in [3.8, 4) is 0 Å². The van der Waals surface area contributed by atoms with Gasteiger partial charge >= 0.3 is 6.03 Å². The number of aryl methyl sites for hydroxylation is 1. The first-order chi connectivity index (χ1) is 11.1. The van der Waals surface area contributed by atoms with E-state index in [9.17, 15) is 4.79 Å². The second kappa shape index (κ2) is 7.90. The Morgan fingerprint density at radius 1 is 1.22 bits per heavy atom. The number of amides is 2. The van der Waals surface area contributed by atoms with Crippen molar-refractivity contribution < 1.29 is 4.79 Å². The predicted octanol–water partition coefficient (Wildman–Crippen LogP) is 3.67. The van der Waals surface area contributed by atoms with E-state index in [2.05, 4.69) is 29.9 Å². The van der Waals surface area contributed by atoms with Crippen molar-refractivity contribution in [1.82, 2.24) is 14.9 Å². The zero-order valence-corrected chi connectivity index (χ0v) is 14.5. The lowest BCUT2D eigenvalue weighted by molar-refractivity contribution is 0.206. The Labute approximate surface area is 138 Å². The molecule has 0 bridgehead atoms. The van der Waals surface area contributed by atoms with Crippen LogP contribution in [0.4, 0.5) is 10.5 Å². The molecule has 0 aromatic carbocycles. The van der Waals surface area contributed by atoms with E-state index in [4.69, 9.17) is 0 Å². The second-order valence-corrected chi connectivity index (χ2v) is 5.61. The molecule has 1 radical (unpaired) electrons. The topological polar surface area (TPSA) is 49.3 Å². The van der Waals surface area contributed by atoms with Gasteiger partial charge in [-0.2, -0.15) is 0 Å². The van der Waals surface area contributed by atoms with Crippen LogP contribution in [0.15, 0.2) is 18.5 Å². The van der Waals surface area contributed by atoms with E-state index in [0.717, 1.165) is 54.6 Å². The summed E-state index contributed by atoms with van der Waals surface area (Å²) in [5, 5.41) is 0.855. The number of rotatable bonds is 6. The van der Waals surface area contributed by atoms with Crippen LogP contribution in [0.1, 0.15) is 39.3 Å². The fourth-order valence-electron chi connectivity index (χ4n) is 2.63. The summed E-state index contributed by atoms with van der Waals surface area (Å²) in [6.45, 7) is 7.74. The fraction of sp³-hybridized carbons (Fsp3) is 0.500. The van der Waals surface area contributed by atoms with Crippen molar-refractivity contribution in [2.24, 2.45) is 0 Å². The summed E-state index contributed by atoms with van der Waals surface area (Å²) < 4.78 is 0. The molecule has 0 atom stereocenters. The van der Waals surface area contributed by atoms with Crippen LogP contribution >= 0.6 is 0 Å². The minimum atomic E-state index is 0.00311. The number of pyridine rings is 2. The minimum absolute atomic E-state index is 0.00311. The third-order valence-corrected chi connectivity index (χ3v) is 3.79. The van der Waals surface area contributed by atoms with Crippen LogP contribution in [0.3, 0.4) is 0 Å². The van der Waals surface area contributed by atoms with Gasteiger partial charge in [-0.1, -0.05) is 20.8 Å². The molecule has 2 amide bonds. The maximum absolute atomic E-state index is 12.9. The third kappa shape index (κ3) is 3.78. The zero-order valence-electron chi connectivity index (χ0n) is 14.5. The maximum Gasteiger partial charge on any atom is 0.324 e. The van der Waals surface area contributed by atoms with Crippen molar-refractivity contribution >= 4 is 22.6 Å². The molecular formula is C18H25N4O. The van der Waals surface area contributed by atoms with Gasteiger partial charge in [0.2, 0.25) is 0 Å². The lowest BCUT2D eigenvalue weighted by atomic mass is 10.1. The van der Waals surface area contributed by atoms with Crippen LogP contribution in [-0.2, 0) is 6.42 Å². The first-order valence-electron chi connectivity index (χ1n) is 8.30. The van der Waals surface area contributed by atoms with Gasteiger partial charge in [-0.25, -0.2) is 4.79 Å². The standard InChI is InChI=1S/C18H25N4O/c1-5-10-22(11-6-2)18(23)21(4)17-12-14(7-3)20-16-8-9-19-13-15(16)17/h8-9,13H,5-7,10-11H2,1-4H3. The van der Waals surface area contributed by atoms with Crippen molar-refractivity contribution in [3.05, 3.63) is 30.2 Å². The summed E-state index contributed by atoms with van der Waals surface area (Å²) in [6.07, 6.45) is 6.15. The van der Waals surface area contributed by atoms with Gasteiger partial charge in [-0.05, 0) is 25.3 Å². The molecule has 5 nitrogen and oxygen atoms in total. The quantitative estimate of drug-likeness (QED) is 0.817. The molecule has 2 heterocycles. The minimum Gasteiger partial charge on any atom is -0.324 e. The molecule has 2 aromatic rings. The Morgan fingerprint density at radius 3 is 2.52 bits per heavy atom. The monoisotopic (exact) mass is 313 g/mol. The molecule has 5 heteroatoms. The first-order valence-corrected chi connectivity index (χ1v) is 8.30. The molecule has 2 rings (SSSR count). The van der Waals surface area contributed by atoms with Crippen molar-refractivity contribution in [2.75, 3.05) is 25.0 Å². The van der Waals surface area contributed by atoms with Crippen molar-refractivity contribution in [3.63, 3.8) is 0 Å². The highest BCUT2D eigenvalue weighted by atomic mass is 16.2. The van der Waals surface area contributed by atoms with Gasteiger partial charge < -0.3 is 4.90 Å². The Morgan fingerprint density at radius 2 is 1.91 bits per heavy atom. The van der Waals surface area contributed by atoms with E-state index in [1.54, 1.807) is 24.3 Å². The van der Waals surface area contributed by atoms with Gasteiger partial charge in [0.15, 0.2) is 0 Å². The average Bonchev–Trinajstić information content (AvgIpc) is 2.59. The van der Waals surface area contributed by atoms with E-state index >= 15 is 0 Å². The molecule has 2 aromatic heterocycles. The number of anilines is 1. The highest BCUT2D eigenvalue weighted by Gasteiger charge is 2.20. The highest BCUT2D eigenvalue weighted by molar-refractivity contribution is 6.01. The smallest absolute Gasteiger partial charge is 0.324 e. The molecule has 0 saturated carbocycles. The molecule has 23 heavy (non-hydrogen) atoms. The summed E-state index contributed by atoms with van der Waals surface area (Å²) in [5.74, 6) is 0. The number of nitrogens with zero attached hydrogens (tertiary/aromatic N) is 4. The Bertz CT molecular complexity index is 665. The summed E-state index contributed by atoms with van der Waals surface area (Å²) in [6, 6.07) is 5.16. The number of hydrogen-bond acceptors (Lipinski definition) is 3. The third-order valence-electron chi connectivity index (χ3n) is 3.79. The van der Waals surface area contributed by atoms with Crippen LogP contribution < -0.4 is 4.90 Å². The fourth-order valence-corrected chi connectivity index (χ4v) is 2.63. The summed E-state index contributed by atoms with van der Waals surface area (Å²) in [4.78, 5) is 25.2. The number of aromatic nitrogens is 2. The van der Waals surface area contributed by atoms with E-state index in [1.807, 2.05) is 17.9 Å². The number of hydrogen-bond donors (Lipinski definition) is 0. The van der Waals surface area contributed by atoms with Crippen LogP contribution in [-0.4, -0.2) is 41.0 Å². The molecule has 0 aliphatic carbocycles. The number of urea groups is 1. The molecule has 0 unspecified atom stereocenters. The van der Waals surface area contributed by atoms with Gasteiger partial charge in [0.1, 0.15) is 0 Å². The lowest BCUT2D eigenvalue weighted by Gasteiger charge is -2.28. The highest BCUT2D eigenvalue weighted by Crippen LogP contribution is 2.25. The van der Waals surface area contributed by atoms with Gasteiger partial charge in [-0.15, -0.1) is 0 Å². The Kier molecular flexibility index (Phi) is 5.90. The molecule has 123 valence electrons. The van der Waals surface area contributed by atoms with E-state index in [1.165, 1.54) is 0 Å². The Hall–Kier alpha value is -2.17. The normalized spacial score (nSPS) is 10.8. The van der Waals surface area contributed by atoms with Crippen molar-refractivity contribution in [2.45, 2.75) is 40.0 Å². The first kappa shape index (κ1) is 17.2. The lowest BCUT2D eigenvalue weighted by Crippen LogP contribution is -2.42. The summed E-state index contributed by atoms with van der Waals surface area (Å²) in [5.41, 5.74) is 2.46. The number of fused-ring (bicyclic) bond motifs is 1. The van der Waals surface area contributed by atoms with E-state index in [-0.39, 0.29) is 6.03 Å². The van der Waals surface area contributed by atoms with Crippen LogP contribution in [0.2, 0.25) is 0 Å². The SMILES string of the molecule is CCCN(CCC)C(=O)N(C)c1[c]c(CC)nc2ccncc12.